The molecule has 0 saturated heterocycles. The normalized spacial score (nSPS) is 14.7. The zero-order chi connectivity index (χ0) is 11.5. The summed E-state index contributed by atoms with van der Waals surface area (Å²) in [4.78, 5) is 0. The van der Waals surface area contributed by atoms with Crippen LogP contribution in [0.5, 0.6) is 0 Å². The van der Waals surface area contributed by atoms with Crippen LogP contribution < -0.4 is 0 Å². The molecular formula is C15H26O. The molecule has 0 aromatic heterocycles. The fourth-order valence-electron chi connectivity index (χ4n) is 2.08. The molecule has 0 saturated carbocycles. The van der Waals surface area contributed by atoms with Crippen LogP contribution in [0.3, 0.4) is 0 Å². The molecule has 16 heavy (non-hydrogen) atoms. The maximum absolute atomic E-state index is 5.26. The van der Waals surface area contributed by atoms with Crippen LogP contribution in [0.15, 0.2) is 24.0 Å². The zero-order valence-electron chi connectivity index (χ0n) is 10.7. The van der Waals surface area contributed by atoms with Gasteiger partial charge in [-0.25, -0.2) is 0 Å². The summed E-state index contributed by atoms with van der Waals surface area (Å²) in [5.41, 5.74) is 1.45. The van der Waals surface area contributed by atoms with Crippen molar-refractivity contribution < 1.29 is 4.74 Å². The Morgan fingerprint density at radius 2 is 1.69 bits per heavy atom. The lowest BCUT2D eigenvalue weighted by Gasteiger charge is -2.09. The molecule has 92 valence electrons. The van der Waals surface area contributed by atoms with Crippen molar-refractivity contribution in [1.82, 2.24) is 0 Å². The predicted octanol–water partition coefficient (Wildman–Crippen LogP) is 4.99. The van der Waals surface area contributed by atoms with E-state index in [0.29, 0.717) is 0 Å². The molecule has 1 aliphatic rings. The molecule has 0 radical (unpaired) electrons. The average molecular weight is 222 g/mol. The highest BCUT2D eigenvalue weighted by Gasteiger charge is 1.99. The Morgan fingerprint density at radius 1 is 1.00 bits per heavy atom. The highest BCUT2D eigenvalue weighted by molar-refractivity contribution is 5.14. The van der Waals surface area contributed by atoms with Gasteiger partial charge in [0.05, 0.1) is 6.26 Å². The molecule has 1 nitrogen and oxygen atoms in total. The lowest BCUT2D eigenvalue weighted by atomic mass is 10.0. The van der Waals surface area contributed by atoms with Gasteiger partial charge < -0.3 is 4.74 Å². The molecule has 0 atom stereocenters. The Kier molecular flexibility index (Phi) is 7.93. The minimum Gasteiger partial charge on any atom is -0.497 e. The van der Waals surface area contributed by atoms with E-state index in [2.05, 4.69) is 13.0 Å². The standard InChI is InChI=1S/C15H26O/c1-2-3-4-5-6-7-8-9-11-15-12-10-13-16-14-15/h10,12-13H,2-9,11,14H2,1H3. The number of hydrogen-bond donors (Lipinski definition) is 0. The average Bonchev–Trinajstić information content (AvgIpc) is 2.34. The largest absolute Gasteiger partial charge is 0.497 e. The Morgan fingerprint density at radius 3 is 2.31 bits per heavy atom. The summed E-state index contributed by atoms with van der Waals surface area (Å²) in [5.74, 6) is 0. The summed E-state index contributed by atoms with van der Waals surface area (Å²) in [6.45, 7) is 3.08. The van der Waals surface area contributed by atoms with Gasteiger partial charge in [0.25, 0.3) is 0 Å². The summed E-state index contributed by atoms with van der Waals surface area (Å²) in [6.07, 6.45) is 18.4. The van der Waals surface area contributed by atoms with Gasteiger partial charge in [0.15, 0.2) is 0 Å². The van der Waals surface area contributed by atoms with Crippen LogP contribution in [0.2, 0.25) is 0 Å². The van der Waals surface area contributed by atoms with Crippen LogP contribution in [0.1, 0.15) is 64.7 Å². The number of hydrogen-bond acceptors (Lipinski definition) is 1. The number of allylic oxidation sites excluding steroid dienone is 2. The zero-order valence-corrected chi connectivity index (χ0v) is 10.7. The van der Waals surface area contributed by atoms with Gasteiger partial charge in [-0.3, -0.25) is 0 Å². The fraction of sp³-hybridized carbons (Fsp3) is 0.733. The third kappa shape index (κ3) is 6.71. The molecule has 1 aliphatic heterocycles. The first-order chi connectivity index (χ1) is 7.93. The van der Waals surface area contributed by atoms with E-state index in [1.165, 1.54) is 63.4 Å². The van der Waals surface area contributed by atoms with Gasteiger partial charge in [0.1, 0.15) is 6.61 Å². The van der Waals surface area contributed by atoms with Gasteiger partial charge in [-0.15, -0.1) is 0 Å². The maximum atomic E-state index is 5.26. The maximum Gasteiger partial charge on any atom is 0.109 e. The van der Waals surface area contributed by atoms with Crippen LogP contribution >= 0.6 is 0 Å². The summed E-state index contributed by atoms with van der Waals surface area (Å²) in [7, 11) is 0. The Hall–Kier alpha value is -0.720. The SMILES string of the molecule is CCCCCCCCCCC1=CC=COC1. The fourth-order valence-corrected chi connectivity index (χ4v) is 2.08. The lowest BCUT2D eigenvalue weighted by Crippen LogP contribution is -1.97. The van der Waals surface area contributed by atoms with Crippen molar-refractivity contribution >= 4 is 0 Å². The van der Waals surface area contributed by atoms with Crippen LogP contribution in [0.4, 0.5) is 0 Å². The van der Waals surface area contributed by atoms with E-state index in [1.807, 2.05) is 6.08 Å². The quantitative estimate of drug-likeness (QED) is 0.499. The molecule has 0 aromatic carbocycles. The minimum atomic E-state index is 0.812. The van der Waals surface area contributed by atoms with Crippen molar-refractivity contribution in [3.63, 3.8) is 0 Å². The first-order valence-corrected chi connectivity index (χ1v) is 6.89. The molecule has 0 aliphatic carbocycles. The number of ether oxygens (including phenoxy) is 1. The van der Waals surface area contributed by atoms with Crippen molar-refractivity contribution in [1.29, 1.82) is 0 Å². The smallest absolute Gasteiger partial charge is 0.109 e. The van der Waals surface area contributed by atoms with E-state index < -0.39 is 0 Å². The van der Waals surface area contributed by atoms with Crippen LogP contribution in [-0.4, -0.2) is 6.61 Å². The van der Waals surface area contributed by atoms with Crippen molar-refractivity contribution in [2.75, 3.05) is 6.61 Å². The Labute approximate surface area is 101 Å². The topological polar surface area (TPSA) is 9.23 Å². The van der Waals surface area contributed by atoms with E-state index in [-0.39, 0.29) is 0 Å². The molecule has 1 heterocycles. The Bertz CT molecular complexity index is 215. The van der Waals surface area contributed by atoms with E-state index in [0.717, 1.165) is 6.61 Å². The van der Waals surface area contributed by atoms with E-state index >= 15 is 0 Å². The summed E-state index contributed by atoms with van der Waals surface area (Å²) in [6, 6.07) is 0. The predicted molar refractivity (Wildman–Crippen MR) is 70.4 cm³/mol. The second-order valence-electron chi connectivity index (χ2n) is 4.69. The lowest BCUT2D eigenvalue weighted by molar-refractivity contribution is 0.271. The van der Waals surface area contributed by atoms with E-state index in [9.17, 15) is 0 Å². The molecule has 0 N–H and O–H groups in total. The third-order valence-electron chi connectivity index (χ3n) is 3.13. The second kappa shape index (κ2) is 9.50. The highest BCUT2D eigenvalue weighted by atomic mass is 16.5. The number of rotatable bonds is 9. The van der Waals surface area contributed by atoms with Crippen molar-refractivity contribution in [3.05, 3.63) is 24.0 Å². The van der Waals surface area contributed by atoms with Crippen LogP contribution in [0, 0.1) is 0 Å². The molecule has 0 spiro atoms. The van der Waals surface area contributed by atoms with Crippen molar-refractivity contribution in [3.8, 4) is 0 Å². The van der Waals surface area contributed by atoms with Crippen LogP contribution in [-0.2, 0) is 4.74 Å². The van der Waals surface area contributed by atoms with Crippen molar-refractivity contribution in [2.45, 2.75) is 64.7 Å². The molecule has 1 heteroatoms. The van der Waals surface area contributed by atoms with Gasteiger partial charge in [0, 0.05) is 0 Å². The molecule has 0 unspecified atom stereocenters. The molecule has 0 amide bonds. The first-order valence-electron chi connectivity index (χ1n) is 6.89. The summed E-state index contributed by atoms with van der Waals surface area (Å²) in [5, 5.41) is 0. The van der Waals surface area contributed by atoms with Gasteiger partial charge in [0.2, 0.25) is 0 Å². The van der Waals surface area contributed by atoms with E-state index in [4.69, 9.17) is 4.74 Å². The van der Waals surface area contributed by atoms with Crippen molar-refractivity contribution in [2.24, 2.45) is 0 Å². The molecule has 0 aromatic rings. The highest BCUT2D eigenvalue weighted by Crippen LogP contribution is 2.14. The third-order valence-corrected chi connectivity index (χ3v) is 3.13. The van der Waals surface area contributed by atoms with Gasteiger partial charge >= 0.3 is 0 Å². The number of unbranched alkanes of at least 4 members (excludes halogenated alkanes) is 7. The Balaban J connectivity index is 1.84. The molecule has 0 bridgehead atoms. The van der Waals surface area contributed by atoms with Gasteiger partial charge in [-0.05, 0) is 24.5 Å². The van der Waals surface area contributed by atoms with Gasteiger partial charge in [-0.2, -0.15) is 0 Å². The summed E-state index contributed by atoms with van der Waals surface area (Å²) < 4.78 is 5.26. The summed E-state index contributed by atoms with van der Waals surface area (Å²) >= 11 is 0. The van der Waals surface area contributed by atoms with Gasteiger partial charge in [-0.1, -0.05) is 57.9 Å². The first kappa shape index (κ1) is 13.3. The second-order valence-corrected chi connectivity index (χ2v) is 4.69. The van der Waals surface area contributed by atoms with Crippen LogP contribution in [0.25, 0.3) is 0 Å². The monoisotopic (exact) mass is 222 g/mol. The molecule has 1 rings (SSSR count). The minimum absolute atomic E-state index is 0.812. The molecule has 0 fully saturated rings. The van der Waals surface area contributed by atoms with E-state index in [1.54, 1.807) is 6.26 Å². The molecular weight excluding hydrogens is 196 g/mol.